The standard InChI is InChI=1S/C36H25F.C13H12O.C9H12/c1-24-19-20-31-33(21-24)36(26-12-4-2-5-13-26,27-14-6-3-7-15-27)34-23-32(25-11-10-16-28(37)22-25)29-17-8-9-18-30(29)35(31)34;1-4-10-11-8-9(3)6-7-13(11)14-12(10)5-2;1-7-4-5-8(2)9(3)6-7/h2-23H,1H3;4-8H,1-2H2,3H3;4-6H,1-3H3. The SMILES string of the molecule is C=Cc1oc2ccc(C)cc2c1C=C.Cc1ccc(C)c(C)c1.Cc1ccc2c(c1)C(c1ccccc1)(c1ccccc1)c1cc(-c3cccc(F)c3)c3ccccc3c1-2. The summed E-state index contributed by atoms with van der Waals surface area (Å²) in [5.74, 6) is 0.568. The summed E-state index contributed by atoms with van der Waals surface area (Å²) in [6.45, 7) is 18.1. The molecule has 0 bridgehead atoms. The molecule has 0 saturated heterocycles. The number of halogens is 1. The minimum atomic E-state index is -0.495. The molecular formula is C58H49FO. The van der Waals surface area contributed by atoms with Gasteiger partial charge in [-0.2, -0.15) is 0 Å². The zero-order valence-electron chi connectivity index (χ0n) is 35.0. The van der Waals surface area contributed by atoms with Crippen molar-refractivity contribution in [2.24, 2.45) is 0 Å². The number of hydrogen-bond acceptors (Lipinski definition) is 1. The summed E-state index contributed by atoms with van der Waals surface area (Å²) in [6.07, 6.45) is 3.52. The van der Waals surface area contributed by atoms with Gasteiger partial charge >= 0.3 is 0 Å². The van der Waals surface area contributed by atoms with Gasteiger partial charge in [0, 0.05) is 10.9 Å². The van der Waals surface area contributed by atoms with Crippen molar-refractivity contribution in [2.45, 2.75) is 40.0 Å². The van der Waals surface area contributed by atoms with Crippen LogP contribution in [0.5, 0.6) is 0 Å². The molecule has 0 aliphatic heterocycles. The molecule has 0 atom stereocenters. The third kappa shape index (κ3) is 7.20. The normalized spacial score (nSPS) is 12.1. The van der Waals surface area contributed by atoms with Crippen LogP contribution >= 0.6 is 0 Å². The fourth-order valence-electron chi connectivity index (χ4n) is 8.86. The maximum Gasteiger partial charge on any atom is 0.135 e. The van der Waals surface area contributed by atoms with Crippen molar-refractivity contribution >= 4 is 33.9 Å². The summed E-state index contributed by atoms with van der Waals surface area (Å²) in [5.41, 5.74) is 17.4. The van der Waals surface area contributed by atoms with Gasteiger partial charge in [-0.05, 0) is 137 Å². The molecule has 0 fully saturated rings. The van der Waals surface area contributed by atoms with E-state index in [1.165, 1.54) is 72.7 Å². The van der Waals surface area contributed by atoms with Gasteiger partial charge in [-0.3, -0.25) is 0 Å². The minimum absolute atomic E-state index is 0.224. The largest absolute Gasteiger partial charge is 0.456 e. The van der Waals surface area contributed by atoms with Crippen LogP contribution < -0.4 is 0 Å². The predicted octanol–water partition coefficient (Wildman–Crippen LogP) is 16.0. The summed E-state index contributed by atoms with van der Waals surface area (Å²) in [7, 11) is 0. The van der Waals surface area contributed by atoms with Crippen LogP contribution in [0.1, 0.15) is 61.4 Å². The van der Waals surface area contributed by atoms with Crippen molar-refractivity contribution in [3.8, 4) is 22.3 Å². The molecule has 2 heteroatoms. The lowest BCUT2D eigenvalue weighted by Gasteiger charge is -2.34. The molecule has 0 radical (unpaired) electrons. The second-order valence-electron chi connectivity index (χ2n) is 15.8. The molecule has 0 saturated carbocycles. The Balaban J connectivity index is 0.000000177. The Morgan fingerprint density at radius 3 is 1.73 bits per heavy atom. The first kappa shape index (κ1) is 39.8. The first-order valence-corrected chi connectivity index (χ1v) is 20.5. The van der Waals surface area contributed by atoms with Crippen molar-refractivity contribution < 1.29 is 8.81 Å². The Morgan fingerprint density at radius 2 is 1.10 bits per heavy atom. The van der Waals surface area contributed by atoms with Gasteiger partial charge in [-0.1, -0.05) is 175 Å². The lowest BCUT2D eigenvalue weighted by Crippen LogP contribution is -2.28. The topological polar surface area (TPSA) is 13.1 Å². The molecule has 1 nitrogen and oxygen atoms in total. The summed E-state index contributed by atoms with van der Waals surface area (Å²) in [6, 6.07) is 58.9. The Kier molecular flexibility index (Phi) is 11.1. The van der Waals surface area contributed by atoms with Gasteiger partial charge in [0.05, 0.1) is 5.41 Å². The number of rotatable bonds is 5. The third-order valence-electron chi connectivity index (χ3n) is 11.8. The van der Waals surface area contributed by atoms with Gasteiger partial charge in [-0.25, -0.2) is 4.39 Å². The smallest absolute Gasteiger partial charge is 0.135 e. The van der Waals surface area contributed by atoms with Crippen LogP contribution in [-0.2, 0) is 5.41 Å². The minimum Gasteiger partial charge on any atom is -0.456 e. The molecule has 0 N–H and O–H groups in total. The Bertz CT molecular complexity index is 2980. The molecule has 1 aliphatic rings. The van der Waals surface area contributed by atoms with Gasteiger partial charge in [0.15, 0.2) is 0 Å². The van der Waals surface area contributed by atoms with Gasteiger partial charge in [0.2, 0.25) is 0 Å². The van der Waals surface area contributed by atoms with Gasteiger partial charge < -0.3 is 4.42 Å². The fraction of sp³-hybridized carbons (Fsp3) is 0.103. The van der Waals surface area contributed by atoms with Crippen molar-refractivity contribution in [1.29, 1.82) is 0 Å². The van der Waals surface area contributed by atoms with Crippen LogP contribution in [0.3, 0.4) is 0 Å². The predicted molar refractivity (Wildman–Crippen MR) is 253 cm³/mol. The molecule has 8 aromatic carbocycles. The van der Waals surface area contributed by atoms with Crippen LogP contribution in [0.4, 0.5) is 4.39 Å². The molecule has 0 spiro atoms. The van der Waals surface area contributed by atoms with Crippen LogP contribution in [0.25, 0.3) is 56.1 Å². The van der Waals surface area contributed by atoms with Gasteiger partial charge in [0.25, 0.3) is 0 Å². The Morgan fingerprint density at radius 1 is 0.483 bits per heavy atom. The van der Waals surface area contributed by atoms with Crippen molar-refractivity contribution in [1.82, 2.24) is 0 Å². The number of hydrogen-bond donors (Lipinski definition) is 0. The maximum atomic E-state index is 14.5. The van der Waals surface area contributed by atoms with Crippen molar-refractivity contribution in [3.63, 3.8) is 0 Å². The highest BCUT2D eigenvalue weighted by molar-refractivity contribution is 6.10. The molecule has 1 heterocycles. The van der Waals surface area contributed by atoms with E-state index in [0.29, 0.717) is 0 Å². The summed E-state index contributed by atoms with van der Waals surface area (Å²) < 4.78 is 20.1. The van der Waals surface area contributed by atoms with E-state index in [0.717, 1.165) is 38.8 Å². The number of furan rings is 1. The molecule has 9 aromatic rings. The maximum absolute atomic E-state index is 14.5. The van der Waals surface area contributed by atoms with Crippen LogP contribution in [-0.4, -0.2) is 0 Å². The van der Waals surface area contributed by atoms with E-state index in [2.05, 4.69) is 181 Å². The average molecular weight is 781 g/mol. The van der Waals surface area contributed by atoms with E-state index in [4.69, 9.17) is 4.42 Å². The second kappa shape index (κ2) is 16.7. The molecule has 60 heavy (non-hydrogen) atoms. The van der Waals surface area contributed by atoms with E-state index >= 15 is 0 Å². The Hall–Kier alpha value is -7.03. The Labute approximate surface area is 353 Å². The zero-order chi connectivity index (χ0) is 42.0. The van der Waals surface area contributed by atoms with Gasteiger partial charge in [-0.15, -0.1) is 0 Å². The molecular weight excluding hydrogens is 732 g/mol. The van der Waals surface area contributed by atoms with Gasteiger partial charge in [0.1, 0.15) is 17.2 Å². The number of aryl methyl sites for hydroxylation is 5. The van der Waals surface area contributed by atoms with Crippen LogP contribution in [0.15, 0.2) is 187 Å². The van der Waals surface area contributed by atoms with E-state index in [1.807, 2.05) is 24.3 Å². The number of benzene rings is 8. The second-order valence-corrected chi connectivity index (χ2v) is 15.8. The highest BCUT2D eigenvalue weighted by Gasteiger charge is 2.47. The summed E-state index contributed by atoms with van der Waals surface area (Å²) in [5, 5.41) is 3.43. The lowest BCUT2D eigenvalue weighted by atomic mass is 9.67. The molecule has 0 amide bonds. The lowest BCUT2D eigenvalue weighted by molar-refractivity contribution is 0.603. The molecule has 1 aromatic heterocycles. The number of fused-ring (bicyclic) bond motifs is 6. The van der Waals surface area contributed by atoms with Crippen molar-refractivity contribution in [2.75, 3.05) is 0 Å². The first-order valence-electron chi connectivity index (χ1n) is 20.5. The van der Waals surface area contributed by atoms with E-state index in [9.17, 15) is 4.39 Å². The monoisotopic (exact) mass is 780 g/mol. The third-order valence-corrected chi connectivity index (χ3v) is 11.8. The average Bonchev–Trinajstić information content (AvgIpc) is 3.78. The van der Waals surface area contributed by atoms with E-state index in [-0.39, 0.29) is 5.82 Å². The molecule has 294 valence electrons. The van der Waals surface area contributed by atoms with E-state index < -0.39 is 5.41 Å². The van der Waals surface area contributed by atoms with Crippen LogP contribution in [0, 0.1) is 40.4 Å². The highest BCUT2D eigenvalue weighted by atomic mass is 19.1. The highest BCUT2D eigenvalue weighted by Crippen LogP contribution is 2.59. The molecule has 1 aliphatic carbocycles. The molecule has 0 unspecified atom stereocenters. The molecule has 10 rings (SSSR count). The van der Waals surface area contributed by atoms with E-state index in [1.54, 1.807) is 18.2 Å². The summed E-state index contributed by atoms with van der Waals surface area (Å²) >= 11 is 0. The first-order chi connectivity index (χ1) is 29.1. The van der Waals surface area contributed by atoms with Crippen LogP contribution in [0.2, 0.25) is 0 Å². The zero-order valence-corrected chi connectivity index (χ0v) is 35.0. The van der Waals surface area contributed by atoms with Crippen molar-refractivity contribution in [3.05, 3.63) is 250 Å². The quantitative estimate of drug-likeness (QED) is 0.170. The fourth-order valence-corrected chi connectivity index (χ4v) is 8.86. The summed E-state index contributed by atoms with van der Waals surface area (Å²) in [4.78, 5) is 0.